The summed E-state index contributed by atoms with van der Waals surface area (Å²) >= 11 is 0. The van der Waals surface area contributed by atoms with E-state index in [1.807, 2.05) is 0 Å². The number of rotatable bonds is 3. The van der Waals surface area contributed by atoms with Crippen LogP contribution < -0.4 is 0 Å². The van der Waals surface area contributed by atoms with Gasteiger partial charge in [-0.2, -0.15) is 17.6 Å². The van der Waals surface area contributed by atoms with Crippen LogP contribution >= 0.6 is 0 Å². The maximum absolute atomic E-state index is 14.0. The second kappa shape index (κ2) is 6.51. The fourth-order valence-electron chi connectivity index (χ4n) is 2.08. The molecule has 0 heterocycles. The van der Waals surface area contributed by atoms with E-state index in [9.17, 15) is 61.5 Å². The maximum atomic E-state index is 14.0. The Hall–Kier alpha value is -2.54. The molecule has 2 aromatic rings. The van der Waals surface area contributed by atoms with Crippen LogP contribution in [0.1, 0.15) is 11.1 Å². The third-order valence-corrected chi connectivity index (χ3v) is 3.44. The fourth-order valence-corrected chi connectivity index (χ4v) is 2.08. The Labute approximate surface area is 144 Å². The van der Waals surface area contributed by atoms with E-state index in [0.717, 1.165) is 0 Å². The lowest BCUT2D eigenvalue weighted by Crippen LogP contribution is -2.40. The molecule has 0 spiro atoms. The van der Waals surface area contributed by atoms with Gasteiger partial charge in [0, 0.05) is 0 Å². The number of benzene rings is 2. The van der Waals surface area contributed by atoms with E-state index < -0.39 is 81.1 Å². The second-order valence-electron chi connectivity index (χ2n) is 5.04. The molecule has 0 nitrogen and oxygen atoms in total. The molecule has 154 valence electrons. The Morgan fingerprint density at radius 2 is 0.429 bits per heavy atom. The maximum Gasteiger partial charge on any atom is 0.345 e. The summed E-state index contributed by atoms with van der Waals surface area (Å²) in [4.78, 5) is 0. The number of halogens is 14. The molecule has 0 radical (unpaired) electrons. The molecule has 2 aromatic carbocycles. The predicted octanol–water partition coefficient (Wildman–Crippen LogP) is 5.96. The minimum atomic E-state index is -6.66. The molecule has 0 atom stereocenters. The SMILES string of the molecule is Fc1c(F)c(F)c(C(F)(F)C(F)(F)c2c(F)c(F)c(F)c(F)c2F)c(F)c1F. The summed E-state index contributed by atoms with van der Waals surface area (Å²) in [5, 5.41) is 0. The van der Waals surface area contributed by atoms with E-state index in [1.54, 1.807) is 0 Å². The van der Waals surface area contributed by atoms with E-state index >= 15 is 0 Å². The zero-order chi connectivity index (χ0) is 21.9. The molecule has 0 fully saturated rings. The minimum absolute atomic E-state index is 3.03. The first-order chi connectivity index (χ1) is 12.6. The van der Waals surface area contributed by atoms with Crippen LogP contribution in [0.2, 0.25) is 0 Å². The summed E-state index contributed by atoms with van der Waals surface area (Å²) in [6.45, 7) is 0. The van der Waals surface area contributed by atoms with E-state index in [0.29, 0.717) is 0 Å². The van der Waals surface area contributed by atoms with Crippen molar-refractivity contribution in [1.82, 2.24) is 0 Å². The van der Waals surface area contributed by atoms with Gasteiger partial charge in [-0.1, -0.05) is 0 Å². The van der Waals surface area contributed by atoms with Gasteiger partial charge >= 0.3 is 11.8 Å². The van der Waals surface area contributed by atoms with Crippen molar-refractivity contribution in [2.45, 2.75) is 11.8 Å². The molecular formula is C14F14. The number of alkyl halides is 4. The average molecular weight is 434 g/mol. The van der Waals surface area contributed by atoms with E-state index in [4.69, 9.17) is 0 Å². The summed E-state index contributed by atoms with van der Waals surface area (Å²) in [6.07, 6.45) is 0. The standard InChI is InChI=1S/C14F14/c15-3-1(4(16)8(20)11(23)7(3)19)13(25,26)14(27,28)2-5(17)9(21)12(24)10(22)6(2)18. The molecule has 0 unspecified atom stereocenters. The molecule has 0 saturated carbocycles. The van der Waals surface area contributed by atoms with Crippen LogP contribution in [0.4, 0.5) is 61.5 Å². The Balaban J connectivity index is 2.92. The molecule has 0 N–H and O–H groups in total. The van der Waals surface area contributed by atoms with E-state index in [1.165, 1.54) is 0 Å². The van der Waals surface area contributed by atoms with Gasteiger partial charge in [-0.05, 0) is 0 Å². The molecule has 28 heavy (non-hydrogen) atoms. The van der Waals surface area contributed by atoms with Crippen molar-refractivity contribution in [2.75, 3.05) is 0 Å². The summed E-state index contributed by atoms with van der Waals surface area (Å²) in [5.74, 6) is -45.9. The average Bonchev–Trinajstić information content (AvgIpc) is 2.61. The van der Waals surface area contributed by atoms with Crippen LogP contribution in [0.3, 0.4) is 0 Å². The summed E-state index contributed by atoms with van der Waals surface area (Å²) < 4.78 is 188. The Morgan fingerprint density at radius 1 is 0.286 bits per heavy atom. The van der Waals surface area contributed by atoms with Crippen molar-refractivity contribution < 1.29 is 61.5 Å². The highest BCUT2D eigenvalue weighted by Gasteiger charge is 2.65. The van der Waals surface area contributed by atoms with Crippen molar-refractivity contribution >= 4 is 0 Å². The Morgan fingerprint density at radius 3 is 0.607 bits per heavy atom. The van der Waals surface area contributed by atoms with Gasteiger partial charge in [-0.3, -0.25) is 0 Å². The summed E-state index contributed by atoms with van der Waals surface area (Å²) in [5.41, 5.74) is -7.09. The first kappa shape index (κ1) is 21.8. The zero-order valence-electron chi connectivity index (χ0n) is 12.3. The first-order valence-electron chi connectivity index (χ1n) is 6.40. The van der Waals surface area contributed by atoms with Gasteiger partial charge in [0.1, 0.15) is 11.1 Å². The Bertz CT molecular complexity index is 839. The van der Waals surface area contributed by atoms with Crippen LogP contribution in [0.5, 0.6) is 0 Å². The molecule has 0 aliphatic heterocycles. The third kappa shape index (κ3) is 2.68. The van der Waals surface area contributed by atoms with Gasteiger partial charge < -0.3 is 0 Å². The quantitative estimate of drug-likeness (QED) is 0.318. The van der Waals surface area contributed by atoms with Gasteiger partial charge in [0.05, 0.1) is 0 Å². The van der Waals surface area contributed by atoms with Crippen molar-refractivity contribution in [3.63, 3.8) is 0 Å². The highest BCUT2D eigenvalue weighted by Crippen LogP contribution is 2.53. The number of hydrogen-bond acceptors (Lipinski definition) is 0. The van der Waals surface area contributed by atoms with Crippen molar-refractivity contribution in [3.05, 3.63) is 69.3 Å². The van der Waals surface area contributed by atoms with Gasteiger partial charge in [-0.25, -0.2) is 43.9 Å². The van der Waals surface area contributed by atoms with Crippen LogP contribution in [-0.4, -0.2) is 0 Å². The molecule has 0 saturated heterocycles. The molecule has 0 aliphatic rings. The highest BCUT2D eigenvalue weighted by molar-refractivity contribution is 5.36. The second-order valence-corrected chi connectivity index (χ2v) is 5.04. The lowest BCUT2D eigenvalue weighted by Gasteiger charge is -2.28. The lowest BCUT2D eigenvalue weighted by molar-refractivity contribution is -0.230. The minimum Gasteiger partial charge on any atom is -0.203 e. The summed E-state index contributed by atoms with van der Waals surface area (Å²) in [6, 6.07) is 0. The highest BCUT2D eigenvalue weighted by atomic mass is 19.3. The van der Waals surface area contributed by atoms with Gasteiger partial charge in [0.2, 0.25) is 11.6 Å². The molecule has 0 aliphatic carbocycles. The monoisotopic (exact) mass is 434 g/mol. The zero-order valence-corrected chi connectivity index (χ0v) is 12.3. The van der Waals surface area contributed by atoms with E-state index in [2.05, 4.69) is 0 Å². The van der Waals surface area contributed by atoms with Crippen LogP contribution in [0.25, 0.3) is 0 Å². The van der Waals surface area contributed by atoms with Gasteiger partial charge in [-0.15, -0.1) is 0 Å². The first-order valence-corrected chi connectivity index (χ1v) is 6.40. The predicted molar refractivity (Wildman–Crippen MR) is 60.3 cm³/mol. The molecule has 0 aromatic heterocycles. The van der Waals surface area contributed by atoms with Gasteiger partial charge in [0.25, 0.3) is 0 Å². The molecular weight excluding hydrogens is 434 g/mol. The Kier molecular flexibility index (Phi) is 5.06. The normalized spacial score (nSPS) is 12.6. The van der Waals surface area contributed by atoms with E-state index in [-0.39, 0.29) is 0 Å². The third-order valence-electron chi connectivity index (χ3n) is 3.44. The van der Waals surface area contributed by atoms with Crippen molar-refractivity contribution in [1.29, 1.82) is 0 Å². The van der Waals surface area contributed by atoms with Crippen LogP contribution in [0.15, 0.2) is 0 Å². The molecule has 14 heteroatoms. The molecule has 0 amide bonds. The fraction of sp³-hybridized carbons (Fsp3) is 0.143. The van der Waals surface area contributed by atoms with Crippen molar-refractivity contribution in [2.24, 2.45) is 0 Å². The molecule has 2 rings (SSSR count). The smallest absolute Gasteiger partial charge is 0.203 e. The van der Waals surface area contributed by atoms with Crippen LogP contribution in [-0.2, 0) is 11.8 Å². The topological polar surface area (TPSA) is 0 Å². The largest absolute Gasteiger partial charge is 0.345 e. The molecule has 0 bridgehead atoms. The van der Waals surface area contributed by atoms with Crippen molar-refractivity contribution in [3.8, 4) is 0 Å². The summed E-state index contributed by atoms with van der Waals surface area (Å²) in [7, 11) is 0. The van der Waals surface area contributed by atoms with Gasteiger partial charge in [0.15, 0.2) is 46.5 Å². The van der Waals surface area contributed by atoms with Crippen LogP contribution in [0, 0.1) is 58.2 Å². The number of hydrogen-bond donors (Lipinski definition) is 0. The lowest BCUT2D eigenvalue weighted by atomic mass is 9.93.